The summed E-state index contributed by atoms with van der Waals surface area (Å²) < 4.78 is 43.6. The number of rotatable bonds is 2. The second-order valence-electron chi connectivity index (χ2n) is 5.51. The Morgan fingerprint density at radius 2 is 1.38 bits per heavy atom. The first-order valence-electron chi connectivity index (χ1n) is 7.36. The Morgan fingerprint density at radius 1 is 0.708 bits per heavy atom. The molecule has 0 saturated carbocycles. The normalized spacial score (nSPS) is 12.0. The molecule has 1 N–H and O–H groups in total. The zero-order valence-corrected chi connectivity index (χ0v) is 12.4. The highest BCUT2D eigenvalue weighted by molar-refractivity contribution is 6.06. The van der Waals surface area contributed by atoms with Crippen molar-refractivity contribution >= 4 is 33.3 Å². The summed E-state index contributed by atoms with van der Waals surface area (Å²) >= 11 is 0. The zero-order chi connectivity index (χ0) is 16.7. The maximum absolute atomic E-state index is 12.6. The first-order valence-corrected chi connectivity index (χ1v) is 7.36. The summed E-state index contributed by atoms with van der Waals surface area (Å²) in [5, 5.41) is 5.08. The maximum atomic E-state index is 12.6. The van der Waals surface area contributed by atoms with Gasteiger partial charge in [-0.3, -0.25) is 0 Å². The van der Waals surface area contributed by atoms with Crippen LogP contribution >= 0.6 is 0 Å². The Hall–Kier alpha value is -2.95. The van der Waals surface area contributed by atoms with Crippen LogP contribution in [0.4, 0.5) is 24.5 Å². The number of nitrogens with one attached hydrogen (secondary N) is 1. The van der Waals surface area contributed by atoms with E-state index in [1.807, 2.05) is 42.5 Å². The summed E-state index contributed by atoms with van der Waals surface area (Å²) in [5.74, 6) is 0. The Morgan fingerprint density at radius 3 is 2.12 bits per heavy atom. The van der Waals surface area contributed by atoms with Gasteiger partial charge in [-0.15, -0.1) is 0 Å². The Balaban J connectivity index is 1.68. The van der Waals surface area contributed by atoms with Crippen molar-refractivity contribution in [1.29, 1.82) is 0 Å². The second kappa shape index (κ2) is 5.30. The van der Waals surface area contributed by atoms with E-state index in [4.69, 9.17) is 4.42 Å². The van der Waals surface area contributed by atoms with Crippen molar-refractivity contribution in [2.24, 2.45) is 0 Å². The molecule has 1 heterocycles. The van der Waals surface area contributed by atoms with Gasteiger partial charge >= 0.3 is 6.18 Å². The van der Waals surface area contributed by atoms with E-state index >= 15 is 0 Å². The number of hydrogen-bond donors (Lipinski definition) is 1. The van der Waals surface area contributed by atoms with Gasteiger partial charge in [0.05, 0.1) is 5.56 Å². The summed E-state index contributed by atoms with van der Waals surface area (Å²) in [7, 11) is 0. The molecule has 4 aromatic rings. The number of para-hydroxylation sites is 1. The highest BCUT2D eigenvalue weighted by Gasteiger charge is 2.29. The lowest BCUT2D eigenvalue weighted by molar-refractivity contribution is -0.137. The zero-order valence-electron chi connectivity index (χ0n) is 12.4. The molecule has 0 fully saturated rings. The number of anilines is 2. The fourth-order valence-corrected chi connectivity index (χ4v) is 2.71. The molecule has 0 aliphatic carbocycles. The summed E-state index contributed by atoms with van der Waals surface area (Å²) in [6.45, 7) is 0. The number of benzene rings is 3. The van der Waals surface area contributed by atoms with Gasteiger partial charge in [-0.05, 0) is 48.5 Å². The van der Waals surface area contributed by atoms with Crippen LogP contribution in [0.1, 0.15) is 5.56 Å². The average Bonchev–Trinajstić information content (AvgIpc) is 2.93. The van der Waals surface area contributed by atoms with Gasteiger partial charge < -0.3 is 9.73 Å². The van der Waals surface area contributed by atoms with Crippen molar-refractivity contribution in [3.05, 3.63) is 72.3 Å². The van der Waals surface area contributed by atoms with Crippen LogP contribution in [0.3, 0.4) is 0 Å². The lowest BCUT2D eigenvalue weighted by Gasteiger charge is -2.09. The van der Waals surface area contributed by atoms with Gasteiger partial charge in [0.1, 0.15) is 11.2 Å². The molecule has 0 aliphatic heterocycles. The van der Waals surface area contributed by atoms with Crippen molar-refractivity contribution in [2.75, 3.05) is 5.32 Å². The van der Waals surface area contributed by atoms with Crippen LogP contribution in [0.5, 0.6) is 0 Å². The maximum Gasteiger partial charge on any atom is 0.416 e. The first-order chi connectivity index (χ1) is 11.5. The largest absolute Gasteiger partial charge is 0.456 e. The fraction of sp³-hybridized carbons (Fsp3) is 0.0526. The summed E-state index contributed by atoms with van der Waals surface area (Å²) in [6.07, 6.45) is -4.33. The molecular weight excluding hydrogens is 315 g/mol. The van der Waals surface area contributed by atoms with Crippen molar-refractivity contribution in [3.8, 4) is 0 Å². The molecule has 0 spiro atoms. The number of furan rings is 1. The molecule has 0 aliphatic rings. The lowest BCUT2D eigenvalue weighted by Crippen LogP contribution is -2.04. The minimum atomic E-state index is -4.33. The number of alkyl halides is 3. The molecule has 0 amide bonds. The van der Waals surface area contributed by atoms with Crippen molar-refractivity contribution in [2.45, 2.75) is 6.18 Å². The molecule has 24 heavy (non-hydrogen) atoms. The van der Waals surface area contributed by atoms with Crippen LogP contribution < -0.4 is 5.32 Å². The SMILES string of the molecule is FC(F)(F)c1ccc(Nc2ccc3oc4ccccc4c3c2)cc1. The third kappa shape index (κ3) is 2.58. The van der Waals surface area contributed by atoms with E-state index in [-0.39, 0.29) is 0 Å². The van der Waals surface area contributed by atoms with Crippen LogP contribution in [0.2, 0.25) is 0 Å². The van der Waals surface area contributed by atoms with E-state index in [2.05, 4.69) is 5.32 Å². The second-order valence-corrected chi connectivity index (χ2v) is 5.51. The van der Waals surface area contributed by atoms with Gasteiger partial charge in [-0.1, -0.05) is 18.2 Å². The molecule has 0 bridgehead atoms. The molecule has 5 heteroatoms. The van der Waals surface area contributed by atoms with Crippen molar-refractivity contribution < 1.29 is 17.6 Å². The van der Waals surface area contributed by atoms with E-state index in [0.29, 0.717) is 5.69 Å². The topological polar surface area (TPSA) is 25.2 Å². The standard InChI is InChI=1S/C19H12F3NO/c20-19(21,22)12-5-7-13(8-6-12)23-14-9-10-18-16(11-14)15-3-1-2-4-17(15)24-18/h1-11,23H. The smallest absolute Gasteiger partial charge is 0.416 e. The van der Waals surface area contributed by atoms with E-state index in [1.165, 1.54) is 12.1 Å². The van der Waals surface area contributed by atoms with Crippen LogP contribution in [0.25, 0.3) is 21.9 Å². The quantitative estimate of drug-likeness (QED) is 0.464. The number of hydrogen-bond acceptors (Lipinski definition) is 2. The van der Waals surface area contributed by atoms with Gasteiger partial charge in [0.15, 0.2) is 0 Å². The van der Waals surface area contributed by atoms with Gasteiger partial charge in [0, 0.05) is 22.1 Å². The van der Waals surface area contributed by atoms with Crippen LogP contribution in [-0.2, 0) is 6.18 Å². The third-order valence-corrected chi connectivity index (χ3v) is 3.88. The van der Waals surface area contributed by atoms with Crippen LogP contribution in [0, 0.1) is 0 Å². The Kier molecular flexibility index (Phi) is 3.23. The molecule has 1 aromatic heterocycles. The minimum absolute atomic E-state index is 0.593. The molecule has 3 aromatic carbocycles. The van der Waals surface area contributed by atoms with Crippen molar-refractivity contribution in [3.63, 3.8) is 0 Å². The Labute approximate surface area is 135 Å². The molecule has 0 atom stereocenters. The van der Waals surface area contributed by atoms with Crippen LogP contribution in [0.15, 0.2) is 71.1 Å². The van der Waals surface area contributed by atoms with Gasteiger partial charge in [0.25, 0.3) is 0 Å². The molecule has 120 valence electrons. The van der Waals surface area contributed by atoms with E-state index < -0.39 is 11.7 Å². The number of fused-ring (bicyclic) bond motifs is 3. The third-order valence-electron chi connectivity index (χ3n) is 3.88. The molecule has 0 saturated heterocycles. The van der Waals surface area contributed by atoms with E-state index in [1.54, 1.807) is 0 Å². The number of halogens is 3. The monoisotopic (exact) mass is 327 g/mol. The predicted molar refractivity (Wildman–Crippen MR) is 88.4 cm³/mol. The highest BCUT2D eigenvalue weighted by Crippen LogP contribution is 2.33. The Bertz CT molecular complexity index is 1020. The van der Waals surface area contributed by atoms with Crippen molar-refractivity contribution in [1.82, 2.24) is 0 Å². The van der Waals surface area contributed by atoms with Gasteiger partial charge in [0.2, 0.25) is 0 Å². The summed E-state index contributed by atoms with van der Waals surface area (Å²) in [5.41, 5.74) is 2.29. The van der Waals surface area contributed by atoms with E-state index in [9.17, 15) is 13.2 Å². The minimum Gasteiger partial charge on any atom is -0.456 e. The average molecular weight is 327 g/mol. The lowest BCUT2D eigenvalue weighted by atomic mass is 10.1. The fourth-order valence-electron chi connectivity index (χ4n) is 2.71. The molecule has 0 radical (unpaired) electrons. The summed E-state index contributed by atoms with van der Waals surface area (Å²) in [6, 6.07) is 18.3. The highest BCUT2D eigenvalue weighted by atomic mass is 19.4. The van der Waals surface area contributed by atoms with Crippen LogP contribution in [-0.4, -0.2) is 0 Å². The molecule has 2 nitrogen and oxygen atoms in total. The van der Waals surface area contributed by atoms with E-state index in [0.717, 1.165) is 39.8 Å². The molecule has 0 unspecified atom stereocenters. The predicted octanol–water partition coefficient (Wildman–Crippen LogP) is 6.35. The molecule has 4 rings (SSSR count). The molecular formula is C19H12F3NO. The van der Waals surface area contributed by atoms with Gasteiger partial charge in [-0.2, -0.15) is 13.2 Å². The summed E-state index contributed by atoms with van der Waals surface area (Å²) in [4.78, 5) is 0. The first kappa shape index (κ1) is 14.6. The van der Waals surface area contributed by atoms with Gasteiger partial charge in [-0.25, -0.2) is 0 Å².